The highest BCUT2D eigenvalue weighted by atomic mass is 35.5. The van der Waals surface area contributed by atoms with Crippen LogP contribution in [-0.2, 0) is 4.79 Å². The van der Waals surface area contributed by atoms with Crippen molar-refractivity contribution < 1.29 is 19.0 Å². The second kappa shape index (κ2) is 10.4. The zero-order chi connectivity index (χ0) is 24.1. The summed E-state index contributed by atoms with van der Waals surface area (Å²) in [4.78, 5) is 12.1. The Labute approximate surface area is 201 Å². The van der Waals surface area contributed by atoms with Gasteiger partial charge >= 0.3 is 0 Å². The molecule has 4 aromatic rings. The van der Waals surface area contributed by atoms with Gasteiger partial charge in [-0.2, -0.15) is 4.52 Å². The fraction of sp³-hybridized carbons (Fsp3) is 0.250. The summed E-state index contributed by atoms with van der Waals surface area (Å²) in [6.45, 7) is 4.21. The molecule has 0 aliphatic carbocycles. The summed E-state index contributed by atoms with van der Waals surface area (Å²) in [5.74, 6) is 1.92. The summed E-state index contributed by atoms with van der Waals surface area (Å²) in [7, 11) is 1.60. The molecular formula is C24H24ClN5O4. The number of aryl methyl sites for hydroxylation is 2. The minimum atomic E-state index is -0.255. The molecule has 0 bridgehead atoms. The van der Waals surface area contributed by atoms with Crippen molar-refractivity contribution in [3.63, 3.8) is 0 Å². The highest BCUT2D eigenvalue weighted by molar-refractivity contribution is 6.32. The first-order chi connectivity index (χ1) is 16.5. The SMILES string of the molecule is COc1ccccc1-c1nnc2ccc(OCCNC(=O)COc3cc(C)c(Cl)c(C)c3)nn12. The zero-order valence-electron chi connectivity index (χ0n) is 19.0. The minimum absolute atomic E-state index is 0.103. The van der Waals surface area contributed by atoms with Crippen molar-refractivity contribution in [3.05, 3.63) is 64.7 Å². The lowest BCUT2D eigenvalue weighted by atomic mass is 10.1. The zero-order valence-corrected chi connectivity index (χ0v) is 19.8. The molecule has 0 saturated carbocycles. The number of rotatable bonds is 9. The van der Waals surface area contributed by atoms with E-state index in [9.17, 15) is 4.79 Å². The number of hydrogen-bond donors (Lipinski definition) is 1. The molecule has 34 heavy (non-hydrogen) atoms. The number of nitrogens with one attached hydrogen (secondary N) is 1. The number of methoxy groups -OCH3 is 1. The standard InChI is InChI=1S/C24H24ClN5O4/c1-15-12-17(13-16(2)23(15)25)34-14-21(31)26-10-11-33-22-9-8-20-27-28-24(30(20)29-22)18-6-4-5-7-19(18)32-3/h4-9,12-13H,10-11,14H2,1-3H3,(H,26,31). The van der Waals surface area contributed by atoms with Gasteiger partial charge in [-0.05, 0) is 55.3 Å². The summed E-state index contributed by atoms with van der Waals surface area (Å²) in [5, 5.41) is 16.3. The van der Waals surface area contributed by atoms with Crippen LogP contribution >= 0.6 is 11.6 Å². The molecule has 2 heterocycles. The second-order valence-electron chi connectivity index (χ2n) is 7.52. The molecule has 0 saturated heterocycles. The maximum absolute atomic E-state index is 12.1. The van der Waals surface area contributed by atoms with E-state index in [0.29, 0.717) is 40.4 Å². The van der Waals surface area contributed by atoms with Crippen molar-refractivity contribution in [1.29, 1.82) is 0 Å². The molecule has 9 nitrogen and oxygen atoms in total. The fourth-order valence-electron chi connectivity index (χ4n) is 3.38. The minimum Gasteiger partial charge on any atom is -0.496 e. The monoisotopic (exact) mass is 481 g/mol. The molecular weight excluding hydrogens is 458 g/mol. The van der Waals surface area contributed by atoms with E-state index in [1.54, 1.807) is 35.9 Å². The van der Waals surface area contributed by atoms with Crippen molar-refractivity contribution in [3.8, 4) is 28.8 Å². The molecule has 10 heteroatoms. The Morgan fingerprint density at radius 3 is 2.59 bits per heavy atom. The third-order valence-corrected chi connectivity index (χ3v) is 5.64. The number of hydrogen-bond acceptors (Lipinski definition) is 7. The maximum Gasteiger partial charge on any atom is 0.258 e. The van der Waals surface area contributed by atoms with Crippen LogP contribution in [-0.4, -0.2) is 52.6 Å². The Hall–Kier alpha value is -3.85. The van der Waals surface area contributed by atoms with E-state index in [1.165, 1.54) is 0 Å². The second-order valence-corrected chi connectivity index (χ2v) is 7.90. The Kier molecular flexibility index (Phi) is 7.12. The Balaban J connectivity index is 1.31. The largest absolute Gasteiger partial charge is 0.496 e. The fourth-order valence-corrected chi connectivity index (χ4v) is 3.49. The molecule has 4 rings (SSSR count). The molecule has 0 unspecified atom stereocenters. The summed E-state index contributed by atoms with van der Waals surface area (Å²) in [6, 6.07) is 14.6. The van der Waals surface area contributed by atoms with Gasteiger partial charge in [0.2, 0.25) is 5.88 Å². The number of aromatic nitrogens is 4. The van der Waals surface area contributed by atoms with Gasteiger partial charge in [-0.1, -0.05) is 23.7 Å². The molecule has 2 aromatic carbocycles. The predicted molar refractivity (Wildman–Crippen MR) is 128 cm³/mol. The first-order valence-corrected chi connectivity index (χ1v) is 11.0. The maximum atomic E-state index is 12.1. The van der Waals surface area contributed by atoms with Gasteiger partial charge in [-0.15, -0.1) is 15.3 Å². The number of benzene rings is 2. The number of carbonyl (C=O) groups is 1. The van der Waals surface area contributed by atoms with E-state index in [2.05, 4.69) is 20.6 Å². The van der Waals surface area contributed by atoms with Crippen LogP contribution in [0, 0.1) is 13.8 Å². The van der Waals surface area contributed by atoms with Crippen LogP contribution in [0.5, 0.6) is 17.4 Å². The quantitative estimate of drug-likeness (QED) is 0.364. The van der Waals surface area contributed by atoms with Crippen LogP contribution in [0.3, 0.4) is 0 Å². The molecule has 0 fully saturated rings. The van der Waals surface area contributed by atoms with E-state index < -0.39 is 0 Å². The number of fused-ring (bicyclic) bond motifs is 1. The molecule has 0 atom stereocenters. The topological polar surface area (TPSA) is 99.9 Å². The third kappa shape index (κ3) is 5.20. The van der Waals surface area contributed by atoms with Crippen LogP contribution in [0.4, 0.5) is 0 Å². The molecule has 0 aliphatic heterocycles. The van der Waals surface area contributed by atoms with Crippen molar-refractivity contribution in [2.75, 3.05) is 26.9 Å². The lowest BCUT2D eigenvalue weighted by molar-refractivity contribution is -0.123. The number of para-hydroxylation sites is 1. The molecule has 0 spiro atoms. The smallest absolute Gasteiger partial charge is 0.258 e. The van der Waals surface area contributed by atoms with Gasteiger partial charge < -0.3 is 19.5 Å². The van der Waals surface area contributed by atoms with E-state index in [1.807, 2.05) is 38.1 Å². The number of ether oxygens (including phenoxy) is 3. The van der Waals surface area contributed by atoms with Gasteiger partial charge in [-0.25, -0.2) is 0 Å². The van der Waals surface area contributed by atoms with E-state index >= 15 is 0 Å². The normalized spacial score (nSPS) is 10.8. The molecule has 2 aromatic heterocycles. The summed E-state index contributed by atoms with van der Waals surface area (Å²) in [6.07, 6.45) is 0. The van der Waals surface area contributed by atoms with Crippen LogP contribution < -0.4 is 19.5 Å². The van der Waals surface area contributed by atoms with Crippen molar-refractivity contribution >= 4 is 23.2 Å². The summed E-state index contributed by atoms with van der Waals surface area (Å²) < 4.78 is 18.3. The lowest BCUT2D eigenvalue weighted by Crippen LogP contribution is -2.32. The summed E-state index contributed by atoms with van der Waals surface area (Å²) in [5.41, 5.74) is 3.14. The third-order valence-electron chi connectivity index (χ3n) is 5.04. The van der Waals surface area contributed by atoms with E-state index in [4.69, 9.17) is 25.8 Å². The van der Waals surface area contributed by atoms with Crippen molar-refractivity contribution in [2.24, 2.45) is 0 Å². The van der Waals surface area contributed by atoms with Crippen molar-refractivity contribution in [1.82, 2.24) is 25.1 Å². The van der Waals surface area contributed by atoms with Gasteiger partial charge in [-0.3, -0.25) is 4.79 Å². The first kappa shape index (κ1) is 23.3. The Bertz CT molecular complexity index is 1300. The van der Waals surface area contributed by atoms with E-state index in [-0.39, 0.29) is 19.1 Å². The van der Waals surface area contributed by atoms with Crippen LogP contribution in [0.15, 0.2) is 48.5 Å². The number of halogens is 1. The number of carbonyl (C=O) groups excluding carboxylic acids is 1. The van der Waals surface area contributed by atoms with Gasteiger partial charge in [0.05, 0.1) is 19.2 Å². The highest BCUT2D eigenvalue weighted by Crippen LogP contribution is 2.28. The first-order valence-electron chi connectivity index (χ1n) is 10.6. The van der Waals surface area contributed by atoms with Gasteiger partial charge in [0.1, 0.15) is 18.1 Å². The van der Waals surface area contributed by atoms with Gasteiger partial charge in [0, 0.05) is 11.1 Å². The molecule has 1 amide bonds. The molecule has 0 aliphatic rings. The molecule has 176 valence electrons. The van der Waals surface area contributed by atoms with Crippen molar-refractivity contribution in [2.45, 2.75) is 13.8 Å². The predicted octanol–water partition coefficient (Wildman–Crippen LogP) is 3.64. The lowest BCUT2D eigenvalue weighted by Gasteiger charge is -2.11. The number of amides is 1. The molecule has 1 N–H and O–H groups in total. The average Bonchev–Trinajstić information content (AvgIpc) is 3.26. The van der Waals surface area contributed by atoms with Gasteiger partial charge in [0.15, 0.2) is 18.1 Å². The molecule has 0 radical (unpaired) electrons. The summed E-state index contributed by atoms with van der Waals surface area (Å²) >= 11 is 6.16. The average molecular weight is 482 g/mol. The highest BCUT2D eigenvalue weighted by Gasteiger charge is 2.14. The number of nitrogens with zero attached hydrogens (tertiary/aromatic N) is 4. The Morgan fingerprint density at radius 1 is 1.06 bits per heavy atom. The van der Waals surface area contributed by atoms with Gasteiger partial charge in [0.25, 0.3) is 5.91 Å². The van der Waals surface area contributed by atoms with Crippen LogP contribution in [0.25, 0.3) is 17.0 Å². The Morgan fingerprint density at radius 2 is 1.82 bits per heavy atom. The van der Waals surface area contributed by atoms with Crippen LogP contribution in [0.2, 0.25) is 5.02 Å². The van der Waals surface area contributed by atoms with E-state index in [0.717, 1.165) is 16.7 Å². The van der Waals surface area contributed by atoms with Crippen LogP contribution in [0.1, 0.15) is 11.1 Å².